The first kappa shape index (κ1) is 18.8. The third kappa shape index (κ3) is 4.01. The second-order valence-electron chi connectivity index (χ2n) is 6.90. The van der Waals surface area contributed by atoms with Crippen LogP contribution in [0.1, 0.15) is 34.9 Å². The van der Waals surface area contributed by atoms with Gasteiger partial charge in [-0.3, -0.25) is 4.79 Å². The minimum Gasteiger partial charge on any atom is -0.491 e. The van der Waals surface area contributed by atoms with E-state index in [0.29, 0.717) is 13.2 Å². The molecule has 2 aromatic carbocycles. The second kappa shape index (κ2) is 8.22. The van der Waals surface area contributed by atoms with Gasteiger partial charge in [-0.2, -0.15) is 0 Å². The molecular weight excluding hydrogens is 366 g/mol. The van der Waals surface area contributed by atoms with Crippen molar-refractivity contribution < 1.29 is 13.9 Å². The number of aryl methyl sites for hydroxylation is 1. The van der Waals surface area contributed by atoms with E-state index < -0.39 is 0 Å². The Labute approximate surface area is 169 Å². The lowest BCUT2D eigenvalue weighted by molar-refractivity contribution is 0.0909. The Bertz CT molecular complexity index is 1120. The molecule has 1 atom stereocenters. The molecule has 6 heteroatoms. The monoisotopic (exact) mass is 389 g/mol. The van der Waals surface area contributed by atoms with E-state index in [4.69, 9.17) is 14.1 Å². The molecule has 0 radical (unpaired) electrons. The first-order valence-corrected chi connectivity index (χ1v) is 9.61. The Kier molecular flexibility index (Phi) is 5.33. The molecule has 2 heterocycles. The average molecular weight is 389 g/mol. The fraction of sp³-hybridized carbons (Fsp3) is 0.217. The van der Waals surface area contributed by atoms with Crippen LogP contribution in [0.25, 0.3) is 11.0 Å². The van der Waals surface area contributed by atoms with Gasteiger partial charge in [0.2, 0.25) is 0 Å². The van der Waals surface area contributed by atoms with Crippen molar-refractivity contribution >= 4 is 16.9 Å². The Morgan fingerprint density at radius 3 is 2.72 bits per heavy atom. The standard InChI is InChI=1S/C23H23N3O3/c1-16-8-3-6-11-20(16)29-15-13-26-19-10-5-4-9-18(19)25-22(26)17(2)24-23(27)21-12-7-14-28-21/h3-12,14,17H,13,15H2,1-2H3,(H,24,27)/t17-/m0/s1. The molecule has 1 N–H and O–H groups in total. The van der Waals surface area contributed by atoms with Gasteiger partial charge in [0.1, 0.15) is 18.2 Å². The number of hydrogen-bond donors (Lipinski definition) is 1. The normalized spacial score (nSPS) is 12.1. The van der Waals surface area contributed by atoms with Gasteiger partial charge in [-0.1, -0.05) is 30.3 Å². The van der Waals surface area contributed by atoms with E-state index in [0.717, 1.165) is 28.2 Å². The lowest BCUT2D eigenvalue weighted by Crippen LogP contribution is -2.29. The molecule has 0 bridgehead atoms. The molecule has 0 saturated heterocycles. The number of furan rings is 1. The summed E-state index contributed by atoms with van der Waals surface area (Å²) < 4.78 is 13.3. The van der Waals surface area contributed by atoms with Crippen molar-refractivity contribution in [2.75, 3.05) is 6.61 Å². The van der Waals surface area contributed by atoms with Gasteiger partial charge in [0, 0.05) is 0 Å². The summed E-state index contributed by atoms with van der Waals surface area (Å²) in [5, 5.41) is 2.96. The molecule has 0 unspecified atom stereocenters. The number of fused-ring (bicyclic) bond motifs is 1. The maximum Gasteiger partial charge on any atom is 0.287 e. The zero-order valence-corrected chi connectivity index (χ0v) is 16.5. The highest BCUT2D eigenvalue weighted by Gasteiger charge is 2.20. The first-order valence-electron chi connectivity index (χ1n) is 9.61. The van der Waals surface area contributed by atoms with Crippen LogP contribution in [0, 0.1) is 6.92 Å². The van der Waals surface area contributed by atoms with Gasteiger partial charge < -0.3 is 19.0 Å². The molecule has 6 nitrogen and oxygen atoms in total. The smallest absolute Gasteiger partial charge is 0.287 e. The van der Waals surface area contributed by atoms with Crippen LogP contribution in [0.15, 0.2) is 71.3 Å². The van der Waals surface area contributed by atoms with Crippen molar-refractivity contribution in [1.29, 1.82) is 0 Å². The molecule has 0 spiro atoms. The van der Waals surface area contributed by atoms with Crippen molar-refractivity contribution in [3.05, 3.63) is 84.1 Å². The first-order chi connectivity index (χ1) is 14.1. The zero-order valence-electron chi connectivity index (χ0n) is 16.5. The van der Waals surface area contributed by atoms with Gasteiger partial charge in [-0.15, -0.1) is 0 Å². The van der Waals surface area contributed by atoms with E-state index in [1.54, 1.807) is 12.1 Å². The van der Waals surface area contributed by atoms with Gasteiger partial charge in [-0.05, 0) is 49.7 Å². The third-order valence-electron chi connectivity index (χ3n) is 4.83. The third-order valence-corrected chi connectivity index (χ3v) is 4.83. The van der Waals surface area contributed by atoms with Gasteiger partial charge in [-0.25, -0.2) is 4.98 Å². The van der Waals surface area contributed by atoms with E-state index >= 15 is 0 Å². The summed E-state index contributed by atoms with van der Waals surface area (Å²) in [5.41, 5.74) is 3.00. The van der Waals surface area contributed by atoms with E-state index in [1.807, 2.05) is 62.4 Å². The predicted molar refractivity (Wildman–Crippen MR) is 111 cm³/mol. The Balaban J connectivity index is 1.55. The molecule has 29 heavy (non-hydrogen) atoms. The van der Waals surface area contributed by atoms with Crippen LogP contribution < -0.4 is 10.1 Å². The van der Waals surface area contributed by atoms with Crippen LogP contribution in [0.4, 0.5) is 0 Å². The van der Waals surface area contributed by atoms with Crippen molar-refractivity contribution in [2.45, 2.75) is 26.4 Å². The molecule has 1 amide bonds. The molecule has 4 rings (SSSR count). The quantitative estimate of drug-likeness (QED) is 0.505. The van der Waals surface area contributed by atoms with Crippen LogP contribution >= 0.6 is 0 Å². The summed E-state index contributed by atoms with van der Waals surface area (Å²) in [6.45, 7) is 5.06. The molecule has 0 fully saturated rings. The number of benzene rings is 2. The highest BCUT2D eigenvalue weighted by Crippen LogP contribution is 2.22. The van der Waals surface area contributed by atoms with E-state index in [2.05, 4.69) is 9.88 Å². The molecule has 148 valence electrons. The fourth-order valence-corrected chi connectivity index (χ4v) is 3.37. The lowest BCUT2D eigenvalue weighted by atomic mass is 10.2. The average Bonchev–Trinajstić information content (AvgIpc) is 3.38. The van der Waals surface area contributed by atoms with Gasteiger partial charge in [0.15, 0.2) is 5.76 Å². The van der Waals surface area contributed by atoms with Crippen molar-refractivity contribution in [3.8, 4) is 5.75 Å². The summed E-state index contributed by atoms with van der Waals surface area (Å²) in [6, 6.07) is 18.9. The highest BCUT2D eigenvalue weighted by atomic mass is 16.5. The molecular formula is C23H23N3O3. The minimum atomic E-state index is -0.293. The fourth-order valence-electron chi connectivity index (χ4n) is 3.37. The van der Waals surface area contributed by atoms with Crippen LogP contribution in [-0.2, 0) is 6.54 Å². The van der Waals surface area contributed by atoms with Gasteiger partial charge in [0.05, 0.1) is 29.9 Å². The molecule has 0 aliphatic heterocycles. The summed E-state index contributed by atoms with van der Waals surface area (Å²) in [5.74, 6) is 1.66. The summed E-state index contributed by atoms with van der Waals surface area (Å²) >= 11 is 0. The van der Waals surface area contributed by atoms with Crippen molar-refractivity contribution in [1.82, 2.24) is 14.9 Å². The Morgan fingerprint density at radius 2 is 1.93 bits per heavy atom. The maximum absolute atomic E-state index is 12.4. The highest BCUT2D eigenvalue weighted by molar-refractivity contribution is 5.91. The number of imidazole rings is 1. The van der Waals surface area contributed by atoms with Crippen LogP contribution in [0.2, 0.25) is 0 Å². The summed E-state index contributed by atoms with van der Waals surface area (Å²) in [4.78, 5) is 17.1. The number of rotatable bonds is 7. The van der Waals surface area contributed by atoms with Crippen LogP contribution in [-0.4, -0.2) is 22.1 Å². The molecule has 4 aromatic rings. The number of carbonyl (C=O) groups is 1. The van der Waals surface area contributed by atoms with Gasteiger partial charge >= 0.3 is 0 Å². The number of nitrogens with one attached hydrogen (secondary N) is 1. The van der Waals surface area contributed by atoms with Crippen LogP contribution in [0.5, 0.6) is 5.75 Å². The predicted octanol–water partition coefficient (Wildman–Crippen LogP) is 4.51. The lowest BCUT2D eigenvalue weighted by Gasteiger charge is -2.16. The number of aromatic nitrogens is 2. The number of nitrogens with zero attached hydrogens (tertiary/aromatic N) is 2. The van der Waals surface area contributed by atoms with E-state index in [9.17, 15) is 4.79 Å². The maximum atomic E-state index is 12.4. The molecule has 0 aliphatic rings. The molecule has 2 aromatic heterocycles. The number of amides is 1. The molecule has 0 saturated carbocycles. The Morgan fingerprint density at radius 1 is 1.14 bits per heavy atom. The second-order valence-corrected chi connectivity index (χ2v) is 6.90. The zero-order chi connectivity index (χ0) is 20.2. The number of para-hydroxylation sites is 3. The minimum absolute atomic E-state index is 0.266. The van der Waals surface area contributed by atoms with Gasteiger partial charge in [0.25, 0.3) is 5.91 Å². The van der Waals surface area contributed by atoms with Crippen molar-refractivity contribution in [2.24, 2.45) is 0 Å². The largest absolute Gasteiger partial charge is 0.491 e. The van der Waals surface area contributed by atoms with E-state index in [1.165, 1.54) is 6.26 Å². The van der Waals surface area contributed by atoms with E-state index in [-0.39, 0.29) is 17.7 Å². The van der Waals surface area contributed by atoms with Crippen LogP contribution in [0.3, 0.4) is 0 Å². The summed E-state index contributed by atoms with van der Waals surface area (Å²) in [7, 11) is 0. The topological polar surface area (TPSA) is 69.3 Å². The Hall–Kier alpha value is -3.54. The molecule has 0 aliphatic carbocycles. The summed E-state index contributed by atoms with van der Waals surface area (Å²) in [6.07, 6.45) is 1.48. The SMILES string of the molecule is Cc1ccccc1OCCn1c([C@H](C)NC(=O)c2ccco2)nc2ccccc21. The number of ether oxygens (including phenoxy) is 1. The van der Waals surface area contributed by atoms with Crippen molar-refractivity contribution in [3.63, 3.8) is 0 Å². The number of carbonyl (C=O) groups excluding carboxylic acids is 1. The number of hydrogen-bond acceptors (Lipinski definition) is 4.